The highest BCUT2D eigenvalue weighted by Gasteiger charge is 2.17. The van der Waals surface area contributed by atoms with Crippen molar-refractivity contribution >= 4 is 44.9 Å². The van der Waals surface area contributed by atoms with Crippen LogP contribution in [0.15, 0.2) is 53.6 Å². The van der Waals surface area contributed by atoms with E-state index in [1.807, 2.05) is 31.2 Å². The number of nitrogens with one attached hydrogen (secondary N) is 1. The number of benzene rings is 2. The summed E-state index contributed by atoms with van der Waals surface area (Å²) >= 11 is 2.74. The Bertz CT molecular complexity index is 1230. The molecule has 1 N–H and O–H groups in total. The standard InChI is InChI=1S/C21H17FN4O2S2/c1-12-23-19-20(30-12)18(13-6-5-7-14(10-13)28-2)25-26-21(19)29-11-17(27)24-16-9-4-3-8-15(16)22/h3-10H,11H2,1-2H3,(H,24,27). The summed E-state index contributed by atoms with van der Waals surface area (Å²) in [5.74, 6) is -0.0145. The van der Waals surface area contributed by atoms with E-state index in [9.17, 15) is 9.18 Å². The zero-order valence-corrected chi connectivity index (χ0v) is 17.8. The molecular weight excluding hydrogens is 423 g/mol. The first-order valence-corrected chi connectivity index (χ1v) is 10.8. The fourth-order valence-electron chi connectivity index (χ4n) is 2.86. The molecule has 6 nitrogen and oxygen atoms in total. The van der Waals surface area contributed by atoms with E-state index in [2.05, 4.69) is 20.5 Å². The fourth-order valence-corrected chi connectivity index (χ4v) is 4.57. The third-order valence-electron chi connectivity index (χ3n) is 4.22. The number of thiazole rings is 1. The van der Waals surface area contributed by atoms with Gasteiger partial charge in [-0.25, -0.2) is 9.37 Å². The number of hydrogen-bond acceptors (Lipinski definition) is 7. The molecule has 0 aliphatic carbocycles. The average molecular weight is 441 g/mol. The van der Waals surface area contributed by atoms with Crippen LogP contribution in [0.5, 0.6) is 5.75 Å². The lowest BCUT2D eigenvalue weighted by Crippen LogP contribution is -2.15. The molecule has 0 atom stereocenters. The maximum atomic E-state index is 13.7. The van der Waals surface area contributed by atoms with Crippen LogP contribution in [0.3, 0.4) is 0 Å². The van der Waals surface area contributed by atoms with Crippen molar-refractivity contribution in [3.8, 4) is 17.0 Å². The van der Waals surface area contributed by atoms with Gasteiger partial charge in [-0.05, 0) is 31.2 Å². The predicted octanol–water partition coefficient (Wildman–Crippen LogP) is 4.94. The van der Waals surface area contributed by atoms with Crippen molar-refractivity contribution in [1.82, 2.24) is 15.2 Å². The number of para-hydroxylation sites is 1. The van der Waals surface area contributed by atoms with Crippen LogP contribution in [0.1, 0.15) is 5.01 Å². The molecule has 152 valence electrons. The van der Waals surface area contributed by atoms with Crippen molar-refractivity contribution in [1.29, 1.82) is 0 Å². The summed E-state index contributed by atoms with van der Waals surface area (Å²) in [6, 6.07) is 13.6. The van der Waals surface area contributed by atoms with Crippen molar-refractivity contribution in [3.63, 3.8) is 0 Å². The largest absolute Gasteiger partial charge is 0.497 e. The van der Waals surface area contributed by atoms with Crippen LogP contribution in [0.25, 0.3) is 21.5 Å². The molecule has 0 fully saturated rings. The molecule has 2 aromatic carbocycles. The first kappa shape index (κ1) is 20.2. The van der Waals surface area contributed by atoms with E-state index < -0.39 is 5.82 Å². The topological polar surface area (TPSA) is 77.0 Å². The van der Waals surface area contributed by atoms with Gasteiger partial charge >= 0.3 is 0 Å². The third kappa shape index (κ3) is 4.27. The second kappa shape index (κ2) is 8.76. The third-order valence-corrected chi connectivity index (χ3v) is 6.16. The van der Waals surface area contributed by atoms with E-state index in [-0.39, 0.29) is 17.3 Å². The summed E-state index contributed by atoms with van der Waals surface area (Å²) in [7, 11) is 1.61. The quantitative estimate of drug-likeness (QED) is 0.428. The van der Waals surface area contributed by atoms with Crippen molar-refractivity contribution < 1.29 is 13.9 Å². The lowest BCUT2D eigenvalue weighted by atomic mass is 10.1. The number of thioether (sulfide) groups is 1. The number of methoxy groups -OCH3 is 1. The van der Waals surface area contributed by atoms with E-state index in [1.165, 1.54) is 35.2 Å². The van der Waals surface area contributed by atoms with Crippen molar-refractivity contribution in [3.05, 3.63) is 59.4 Å². The SMILES string of the molecule is COc1cccc(-c2nnc(SCC(=O)Nc3ccccc3F)c3nc(C)sc23)c1. The van der Waals surface area contributed by atoms with E-state index in [1.54, 1.807) is 19.2 Å². The number of ether oxygens (including phenoxy) is 1. The van der Waals surface area contributed by atoms with E-state index >= 15 is 0 Å². The van der Waals surface area contributed by atoms with Crippen molar-refractivity contribution in [2.24, 2.45) is 0 Å². The molecule has 1 amide bonds. The molecule has 4 aromatic rings. The minimum atomic E-state index is -0.476. The van der Waals surface area contributed by atoms with Crippen LogP contribution in [-0.4, -0.2) is 34.0 Å². The molecule has 0 aliphatic heterocycles. The minimum absolute atomic E-state index is 0.0627. The monoisotopic (exact) mass is 440 g/mol. The summed E-state index contributed by atoms with van der Waals surface area (Å²) < 4.78 is 19.9. The normalized spacial score (nSPS) is 10.9. The molecular formula is C21H17FN4O2S2. The van der Waals surface area contributed by atoms with Crippen LogP contribution in [-0.2, 0) is 4.79 Å². The number of hydrogen-bond donors (Lipinski definition) is 1. The van der Waals surface area contributed by atoms with Crippen LogP contribution in [0.2, 0.25) is 0 Å². The zero-order valence-electron chi connectivity index (χ0n) is 16.2. The van der Waals surface area contributed by atoms with E-state index in [4.69, 9.17) is 4.74 Å². The average Bonchev–Trinajstić information content (AvgIpc) is 3.15. The van der Waals surface area contributed by atoms with Crippen LogP contribution < -0.4 is 10.1 Å². The number of halogens is 1. The number of fused-ring (bicyclic) bond motifs is 1. The molecule has 4 rings (SSSR count). The summed E-state index contributed by atoms with van der Waals surface area (Å²) in [6.45, 7) is 1.92. The Hall–Kier alpha value is -3.04. The molecule has 0 bridgehead atoms. The second-order valence-electron chi connectivity index (χ2n) is 6.31. The van der Waals surface area contributed by atoms with Crippen LogP contribution in [0.4, 0.5) is 10.1 Å². The van der Waals surface area contributed by atoms with E-state index in [0.717, 1.165) is 26.7 Å². The van der Waals surface area contributed by atoms with Gasteiger partial charge in [0.25, 0.3) is 0 Å². The maximum absolute atomic E-state index is 13.7. The molecule has 9 heteroatoms. The predicted molar refractivity (Wildman–Crippen MR) is 118 cm³/mol. The van der Waals surface area contributed by atoms with Gasteiger partial charge in [0.2, 0.25) is 5.91 Å². The number of amides is 1. The number of aromatic nitrogens is 3. The van der Waals surface area contributed by atoms with Gasteiger partial charge in [0, 0.05) is 5.56 Å². The number of rotatable bonds is 6. The molecule has 0 spiro atoms. The minimum Gasteiger partial charge on any atom is -0.497 e. The molecule has 0 saturated heterocycles. The highest BCUT2D eigenvalue weighted by molar-refractivity contribution is 8.00. The first-order valence-electron chi connectivity index (χ1n) is 9.00. The van der Waals surface area contributed by atoms with Crippen LogP contribution in [0, 0.1) is 12.7 Å². The number of aryl methyl sites for hydroxylation is 1. The molecule has 30 heavy (non-hydrogen) atoms. The number of anilines is 1. The Morgan fingerprint density at radius 1 is 1.20 bits per heavy atom. The maximum Gasteiger partial charge on any atom is 0.234 e. The highest BCUT2D eigenvalue weighted by atomic mass is 32.2. The second-order valence-corrected chi connectivity index (χ2v) is 8.48. The molecule has 0 aliphatic rings. The number of carbonyl (C=O) groups is 1. The Morgan fingerprint density at radius 3 is 2.83 bits per heavy atom. The van der Waals surface area contributed by atoms with Crippen LogP contribution >= 0.6 is 23.1 Å². The molecule has 0 saturated carbocycles. The summed E-state index contributed by atoms with van der Waals surface area (Å²) in [6.07, 6.45) is 0. The fraction of sp³-hybridized carbons (Fsp3) is 0.143. The summed E-state index contributed by atoms with van der Waals surface area (Å²) in [5, 5.41) is 12.7. The molecule has 2 aromatic heterocycles. The lowest BCUT2D eigenvalue weighted by molar-refractivity contribution is -0.113. The first-order chi connectivity index (χ1) is 14.5. The van der Waals surface area contributed by atoms with Gasteiger partial charge in [-0.2, -0.15) is 0 Å². The summed E-state index contributed by atoms with van der Waals surface area (Å²) in [4.78, 5) is 16.8. The lowest BCUT2D eigenvalue weighted by Gasteiger charge is -2.07. The Kier molecular flexibility index (Phi) is 5.91. The molecule has 0 radical (unpaired) electrons. The van der Waals surface area contributed by atoms with Gasteiger partial charge in [-0.1, -0.05) is 36.0 Å². The van der Waals surface area contributed by atoms with Crippen molar-refractivity contribution in [2.45, 2.75) is 11.9 Å². The van der Waals surface area contributed by atoms with Crippen molar-refractivity contribution in [2.75, 3.05) is 18.2 Å². The van der Waals surface area contributed by atoms with Gasteiger partial charge in [0.05, 0.1) is 28.3 Å². The smallest absolute Gasteiger partial charge is 0.234 e. The Morgan fingerprint density at radius 2 is 2.03 bits per heavy atom. The zero-order chi connectivity index (χ0) is 21.1. The van der Waals surface area contributed by atoms with Gasteiger partial charge < -0.3 is 10.1 Å². The summed E-state index contributed by atoms with van der Waals surface area (Å²) in [5.41, 5.74) is 2.45. The van der Waals surface area contributed by atoms with E-state index in [0.29, 0.717) is 10.5 Å². The molecule has 0 unspecified atom stereocenters. The highest BCUT2D eigenvalue weighted by Crippen LogP contribution is 2.36. The van der Waals surface area contributed by atoms with Gasteiger partial charge in [-0.3, -0.25) is 4.79 Å². The Labute approximate surface area is 180 Å². The van der Waals surface area contributed by atoms with Gasteiger partial charge in [0.1, 0.15) is 27.8 Å². The van der Waals surface area contributed by atoms with Gasteiger partial charge in [-0.15, -0.1) is 21.5 Å². The number of nitrogens with zero attached hydrogens (tertiary/aromatic N) is 3. The number of carbonyl (C=O) groups excluding carboxylic acids is 1. The molecule has 2 heterocycles. The van der Waals surface area contributed by atoms with Gasteiger partial charge in [0.15, 0.2) is 0 Å². The Balaban J connectivity index is 1.58.